The molecular formula is C14H24N4O2. The Morgan fingerprint density at radius 3 is 2.25 bits per heavy atom. The molecule has 0 unspecified atom stereocenters. The van der Waals surface area contributed by atoms with Gasteiger partial charge in [-0.3, -0.25) is 14.3 Å². The maximum atomic E-state index is 11.9. The van der Waals surface area contributed by atoms with Gasteiger partial charge < -0.3 is 11.1 Å². The van der Waals surface area contributed by atoms with Crippen LogP contribution in [0.2, 0.25) is 0 Å². The highest BCUT2D eigenvalue weighted by molar-refractivity contribution is 5.60. The van der Waals surface area contributed by atoms with Crippen molar-refractivity contribution in [3.63, 3.8) is 0 Å². The van der Waals surface area contributed by atoms with E-state index in [0.717, 1.165) is 0 Å². The van der Waals surface area contributed by atoms with Gasteiger partial charge in [0.25, 0.3) is 5.56 Å². The van der Waals surface area contributed by atoms with E-state index >= 15 is 0 Å². The lowest BCUT2D eigenvalue weighted by atomic mass is 10.0. The highest BCUT2D eigenvalue weighted by atomic mass is 16.2. The van der Waals surface area contributed by atoms with Crippen LogP contribution in [0.4, 0.5) is 11.5 Å². The van der Waals surface area contributed by atoms with Crippen molar-refractivity contribution in [3.8, 4) is 0 Å². The van der Waals surface area contributed by atoms with Crippen LogP contribution in [0.3, 0.4) is 0 Å². The molecule has 1 heterocycles. The van der Waals surface area contributed by atoms with Crippen LogP contribution in [0.5, 0.6) is 0 Å². The zero-order valence-corrected chi connectivity index (χ0v) is 12.8. The second kappa shape index (κ2) is 4.40. The van der Waals surface area contributed by atoms with E-state index in [-0.39, 0.29) is 16.6 Å². The number of hydrogen-bond donors (Lipinski definition) is 3. The predicted molar refractivity (Wildman–Crippen MR) is 81.0 cm³/mol. The lowest BCUT2D eigenvalue weighted by Crippen LogP contribution is -2.34. The first-order valence-electron chi connectivity index (χ1n) is 7.01. The Labute approximate surface area is 118 Å². The van der Waals surface area contributed by atoms with Crippen molar-refractivity contribution < 1.29 is 0 Å². The van der Waals surface area contributed by atoms with Gasteiger partial charge in [0, 0.05) is 13.1 Å². The van der Waals surface area contributed by atoms with Crippen molar-refractivity contribution >= 4 is 11.5 Å². The third-order valence-electron chi connectivity index (χ3n) is 5.36. The van der Waals surface area contributed by atoms with Crippen molar-refractivity contribution in [2.75, 3.05) is 17.6 Å². The molecule has 1 fully saturated rings. The molecule has 6 heteroatoms. The minimum atomic E-state index is -0.465. The molecule has 1 aromatic rings. The highest BCUT2D eigenvalue weighted by Crippen LogP contribution is 2.68. The molecule has 20 heavy (non-hydrogen) atoms. The molecule has 0 saturated heterocycles. The average Bonchev–Trinajstić information content (AvgIpc) is 2.70. The number of hydrogen-bond acceptors (Lipinski definition) is 4. The van der Waals surface area contributed by atoms with Gasteiger partial charge in [-0.2, -0.15) is 0 Å². The van der Waals surface area contributed by atoms with Gasteiger partial charge in [0.15, 0.2) is 0 Å². The fourth-order valence-electron chi connectivity index (χ4n) is 3.12. The summed E-state index contributed by atoms with van der Waals surface area (Å²) in [7, 11) is 0. The number of nitrogens with two attached hydrogens (primary N) is 1. The number of aromatic nitrogens is 2. The lowest BCUT2D eigenvalue weighted by molar-refractivity contribution is 0.457. The lowest BCUT2D eigenvalue weighted by Gasteiger charge is -2.13. The maximum Gasteiger partial charge on any atom is 0.330 e. The van der Waals surface area contributed by atoms with Gasteiger partial charge in [-0.15, -0.1) is 0 Å². The van der Waals surface area contributed by atoms with Gasteiger partial charge in [0.2, 0.25) is 0 Å². The van der Waals surface area contributed by atoms with Crippen molar-refractivity contribution in [3.05, 3.63) is 20.8 Å². The number of nitrogens with one attached hydrogen (secondary N) is 2. The van der Waals surface area contributed by atoms with Crippen LogP contribution < -0.4 is 22.3 Å². The Hall–Kier alpha value is -1.72. The van der Waals surface area contributed by atoms with E-state index in [4.69, 9.17) is 5.73 Å². The Kier molecular flexibility index (Phi) is 3.23. The molecule has 1 aliphatic rings. The van der Waals surface area contributed by atoms with E-state index in [1.54, 1.807) is 0 Å². The van der Waals surface area contributed by atoms with Crippen LogP contribution in [0.15, 0.2) is 9.59 Å². The first kappa shape index (κ1) is 14.7. The number of aromatic amines is 1. The molecule has 0 atom stereocenters. The Morgan fingerprint density at radius 1 is 1.25 bits per heavy atom. The normalized spacial score (nSPS) is 19.9. The fourth-order valence-corrected chi connectivity index (χ4v) is 3.12. The fraction of sp³-hybridized carbons (Fsp3) is 0.714. The summed E-state index contributed by atoms with van der Waals surface area (Å²) >= 11 is 0. The third kappa shape index (κ3) is 1.94. The molecule has 2 rings (SSSR count). The summed E-state index contributed by atoms with van der Waals surface area (Å²) in [5, 5.41) is 3.13. The van der Waals surface area contributed by atoms with Gasteiger partial charge in [0.05, 0.1) is 0 Å². The summed E-state index contributed by atoms with van der Waals surface area (Å²) in [5.41, 5.74) is 5.77. The molecule has 1 aromatic heterocycles. The van der Waals surface area contributed by atoms with E-state index < -0.39 is 11.2 Å². The van der Waals surface area contributed by atoms with Crippen LogP contribution in [0, 0.1) is 16.7 Å². The van der Waals surface area contributed by atoms with Crippen LogP contribution in [0.1, 0.15) is 34.6 Å². The highest BCUT2D eigenvalue weighted by Gasteiger charge is 2.64. The van der Waals surface area contributed by atoms with Crippen LogP contribution in [-0.2, 0) is 6.54 Å². The van der Waals surface area contributed by atoms with Crippen molar-refractivity contribution in [2.45, 2.75) is 41.2 Å². The molecule has 0 amide bonds. The Bertz CT molecular complexity index is 626. The predicted octanol–water partition coefficient (Wildman–Crippen LogP) is 1.23. The standard InChI is InChI=1S/C14H24N4O2/c1-6-18-10(15)9(11(19)17-12(18)20)16-7-8-13(2,3)14(8,4)5/h8,16H,6-7,15H2,1-5H3,(H,17,19,20). The van der Waals surface area contributed by atoms with Gasteiger partial charge >= 0.3 is 5.69 Å². The molecule has 112 valence electrons. The maximum absolute atomic E-state index is 11.9. The third-order valence-corrected chi connectivity index (χ3v) is 5.36. The van der Waals surface area contributed by atoms with Crippen molar-refractivity contribution in [1.29, 1.82) is 0 Å². The summed E-state index contributed by atoms with van der Waals surface area (Å²) in [4.78, 5) is 25.8. The number of nitrogens with zero attached hydrogens (tertiary/aromatic N) is 1. The molecule has 1 aliphatic carbocycles. The number of rotatable bonds is 4. The second-order valence-corrected chi connectivity index (χ2v) is 6.64. The van der Waals surface area contributed by atoms with E-state index in [9.17, 15) is 9.59 Å². The minimum Gasteiger partial charge on any atom is -0.383 e. The number of anilines is 2. The molecule has 6 nitrogen and oxygen atoms in total. The van der Waals surface area contributed by atoms with Crippen molar-refractivity contribution in [1.82, 2.24) is 9.55 Å². The molecular weight excluding hydrogens is 256 g/mol. The van der Waals surface area contributed by atoms with Crippen LogP contribution in [0.25, 0.3) is 0 Å². The monoisotopic (exact) mass is 280 g/mol. The van der Waals surface area contributed by atoms with Gasteiger partial charge in [0.1, 0.15) is 11.5 Å². The summed E-state index contributed by atoms with van der Waals surface area (Å²) in [5.74, 6) is 0.674. The average molecular weight is 280 g/mol. The summed E-state index contributed by atoms with van der Waals surface area (Å²) in [6, 6.07) is 0. The Balaban J connectivity index is 2.24. The molecule has 0 radical (unpaired) electrons. The largest absolute Gasteiger partial charge is 0.383 e. The molecule has 0 aromatic carbocycles. The summed E-state index contributed by atoms with van der Waals surface area (Å²) < 4.78 is 1.35. The number of nitrogen functional groups attached to an aromatic ring is 1. The topological polar surface area (TPSA) is 92.9 Å². The molecule has 1 saturated carbocycles. The van der Waals surface area contributed by atoms with E-state index in [1.807, 2.05) is 6.92 Å². The second-order valence-electron chi connectivity index (χ2n) is 6.64. The van der Waals surface area contributed by atoms with Gasteiger partial charge in [-0.05, 0) is 23.7 Å². The number of H-pyrrole nitrogens is 1. The van der Waals surface area contributed by atoms with Gasteiger partial charge in [-0.1, -0.05) is 27.7 Å². The van der Waals surface area contributed by atoms with Crippen molar-refractivity contribution in [2.24, 2.45) is 16.7 Å². The van der Waals surface area contributed by atoms with Gasteiger partial charge in [-0.25, -0.2) is 4.79 Å². The van der Waals surface area contributed by atoms with Crippen LogP contribution in [-0.4, -0.2) is 16.1 Å². The summed E-state index contributed by atoms with van der Waals surface area (Å²) in [6.07, 6.45) is 0. The molecule has 0 spiro atoms. The molecule has 0 aliphatic heterocycles. The zero-order valence-electron chi connectivity index (χ0n) is 12.8. The first-order chi connectivity index (χ1) is 9.14. The molecule has 0 bridgehead atoms. The SMILES string of the molecule is CCn1c(N)c(NCC2C(C)(C)C2(C)C)c(=O)[nH]c1=O. The minimum absolute atomic E-state index is 0.206. The van der Waals surface area contributed by atoms with E-state index in [2.05, 4.69) is 38.0 Å². The Morgan fingerprint density at radius 2 is 1.80 bits per heavy atom. The van der Waals surface area contributed by atoms with Crippen LogP contribution >= 0.6 is 0 Å². The van der Waals surface area contributed by atoms with E-state index in [1.165, 1.54) is 4.57 Å². The molecule has 4 N–H and O–H groups in total. The smallest absolute Gasteiger partial charge is 0.330 e. The first-order valence-corrected chi connectivity index (χ1v) is 7.01. The quantitative estimate of drug-likeness (QED) is 0.773. The summed E-state index contributed by atoms with van der Waals surface area (Å²) in [6.45, 7) is 11.8. The zero-order chi connectivity index (χ0) is 15.3. The van der Waals surface area contributed by atoms with E-state index in [0.29, 0.717) is 24.7 Å².